The molecular weight excluding hydrogens is 372 g/mol. The molecule has 0 aliphatic heterocycles. The van der Waals surface area contributed by atoms with Crippen molar-refractivity contribution in [3.05, 3.63) is 71.9 Å². The van der Waals surface area contributed by atoms with Crippen LogP contribution in [0.5, 0.6) is 11.5 Å². The summed E-state index contributed by atoms with van der Waals surface area (Å²) < 4.78 is 21.7. The molecule has 0 unspecified atom stereocenters. The minimum atomic E-state index is -0.520. The lowest BCUT2D eigenvalue weighted by Gasteiger charge is -2.11. The summed E-state index contributed by atoms with van der Waals surface area (Å²) in [7, 11) is 0. The van der Waals surface area contributed by atoms with E-state index in [9.17, 15) is 4.79 Å². The first kappa shape index (κ1) is 20.4. The zero-order valence-corrected chi connectivity index (χ0v) is 16.5. The molecule has 0 saturated heterocycles. The summed E-state index contributed by atoms with van der Waals surface area (Å²) in [5.41, 5.74) is 0.328. The Morgan fingerprint density at radius 2 is 1.72 bits per heavy atom. The maximum absolute atomic E-state index is 12.5. The van der Waals surface area contributed by atoms with Crippen molar-refractivity contribution in [2.75, 3.05) is 13.2 Å². The van der Waals surface area contributed by atoms with Crippen LogP contribution in [-0.2, 0) is 17.8 Å². The van der Waals surface area contributed by atoms with E-state index in [1.165, 1.54) is 0 Å². The number of hydrogen-bond donors (Lipinski definition) is 0. The summed E-state index contributed by atoms with van der Waals surface area (Å²) in [6.07, 6.45) is 0.708. The van der Waals surface area contributed by atoms with Gasteiger partial charge in [-0.05, 0) is 30.2 Å². The van der Waals surface area contributed by atoms with E-state index in [0.717, 1.165) is 5.75 Å². The fourth-order valence-corrected chi connectivity index (χ4v) is 2.59. The van der Waals surface area contributed by atoms with Gasteiger partial charge in [0, 0.05) is 6.42 Å². The maximum atomic E-state index is 12.5. The minimum absolute atomic E-state index is 0.0879. The molecule has 3 rings (SSSR count). The van der Waals surface area contributed by atoms with Gasteiger partial charge in [0.25, 0.3) is 5.89 Å². The quantitative estimate of drug-likeness (QED) is 0.377. The highest BCUT2D eigenvalue weighted by Crippen LogP contribution is 2.20. The van der Waals surface area contributed by atoms with Crippen molar-refractivity contribution in [2.45, 2.75) is 26.9 Å². The molecule has 7 heteroatoms. The van der Waals surface area contributed by atoms with Crippen molar-refractivity contribution < 1.29 is 23.5 Å². The van der Waals surface area contributed by atoms with Crippen LogP contribution < -0.4 is 9.47 Å². The Kier molecular flexibility index (Phi) is 7.22. The summed E-state index contributed by atoms with van der Waals surface area (Å²) in [6.45, 7) is 4.70. The highest BCUT2D eigenvalue weighted by molar-refractivity contribution is 5.92. The van der Waals surface area contributed by atoms with E-state index in [-0.39, 0.29) is 12.5 Å². The van der Waals surface area contributed by atoms with Gasteiger partial charge in [-0.25, -0.2) is 4.79 Å². The predicted octanol–water partition coefficient (Wildman–Crippen LogP) is 4.08. The summed E-state index contributed by atoms with van der Waals surface area (Å²) >= 11 is 0. The molecule has 0 fully saturated rings. The van der Waals surface area contributed by atoms with Gasteiger partial charge in [0.2, 0.25) is 0 Å². The van der Waals surface area contributed by atoms with Gasteiger partial charge in [-0.15, -0.1) is 0 Å². The van der Waals surface area contributed by atoms with Gasteiger partial charge in [-0.1, -0.05) is 49.3 Å². The lowest BCUT2D eigenvalue weighted by molar-refractivity contribution is 0.0424. The van der Waals surface area contributed by atoms with E-state index in [4.69, 9.17) is 18.7 Å². The van der Waals surface area contributed by atoms with Gasteiger partial charge in [0.05, 0.1) is 0 Å². The molecule has 29 heavy (non-hydrogen) atoms. The number of rotatable bonds is 10. The molecule has 2 aromatic carbocycles. The normalized spacial score (nSPS) is 10.7. The fraction of sp³-hybridized carbons (Fsp3) is 0.318. The highest BCUT2D eigenvalue weighted by atomic mass is 16.6. The van der Waals surface area contributed by atoms with Gasteiger partial charge >= 0.3 is 5.97 Å². The number of benzene rings is 2. The van der Waals surface area contributed by atoms with E-state index in [2.05, 4.69) is 24.0 Å². The Morgan fingerprint density at radius 1 is 1.00 bits per heavy atom. The molecule has 0 N–H and O–H groups in total. The average Bonchev–Trinajstić information content (AvgIpc) is 3.17. The highest BCUT2D eigenvalue weighted by Gasteiger charge is 2.16. The van der Waals surface area contributed by atoms with Gasteiger partial charge in [-0.3, -0.25) is 0 Å². The van der Waals surface area contributed by atoms with E-state index >= 15 is 0 Å². The van der Waals surface area contributed by atoms with Crippen LogP contribution in [0.15, 0.2) is 59.1 Å². The molecule has 0 aliphatic rings. The Labute approximate surface area is 169 Å². The van der Waals surface area contributed by atoms with E-state index in [0.29, 0.717) is 42.7 Å². The van der Waals surface area contributed by atoms with Crippen molar-refractivity contribution in [3.63, 3.8) is 0 Å². The van der Waals surface area contributed by atoms with Crippen molar-refractivity contribution in [1.29, 1.82) is 0 Å². The molecule has 0 spiro atoms. The van der Waals surface area contributed by atoms with Crippen LogP contribution in [0.2, 0.25) is 0 Å². The van der Waals surface area contributed by atoms with Crippen molar-refractivity contribution in [2.24, 2.45) is 5.92 Å². The number of carbonyl (C=O) groups excluding carboxylic acids is 1. The lowest BCUT2D eigenvalue weighted by Crippen LogP contribution is -2.12. The average molecular weight is 396 g/mol. The standard InChI is InChI=1S/C22H24N2O5/c1-16(2)14-20-23-21(29-24-20)15-28-22(25)18-10-6-7-11-19(18)27-13-12-26-17-8-4-3-5-9-17/h3-11,16H,12-15H2,1-2H3. The lowest BCUT2D eigenvalue weighted by atomic mass is 10.1. The smallest absolute Gasteiger partial charge is 0.342 e. The molecule has 0 bridgehead atoms. The number of aromatic nitrogens is 2. The third kappa shape index (κ3) is 6.34. The number of carbonyl (C=O) groups is 1. The van der Waals surface area contributed by atoms with Crippen molar-refractivity contribution in [3.8, 4) is 11.5 Å². The molecule has 0 amide bonds. The number of ether oxygens (including phenoxy) is 3. The Bertz CT molecular complexity index is 908. The van der Waals surface area contributed by atoms with Gasteiger partial charge in [0.1, 0.15) is 30.3 Å². The van der Waals surface area contributed by atoms with Crippen molar-refractivity contribution in [1.82, 2.24) is 10.1 Å². The fourth-order valence-electron chi connectivity index (χ4n) is 2.59. The van der Waals surface area contributed by atoms with Crippen LogP contribution in [0, 0.1) is 5.92 Å². The number of para-hydroxylation sites is 2. The van der Waals surface area contributed by atoms with E-state index in [1.54, 1.807) is 24.3 Å². The first-order valence-electron chi connectivity index (χ1n) is 9.50. The van der Waals surface area contributed by atoms with Crippen LogP contribution >= 0.6 is 0 Å². The molecule has 0 aliphatic carbocycles. The summed E-state index contributed by atoms with van der Waals surface area (Å²) in [6, 6.07) is 16.4. The molecule has 152 valence electrons. The molecule has 7 nitrogen and oxygen atoms in total. The monoisotopic (exact) mass is 396 g/mol. The van der Waals surface area contributed by atoms with Crippen LogP contribution in [0.4, 0.5) is 0 Å². The summed E-state index contributed by atoms with van der Waals surface area (Å²) in [5.74, 6) is 1.96. The second kappa shape index (κ2) is 10.3. The first-order chi connectivity index (χ1) is 14.1. The maximum Gasteiger partial charge on any atom is 0.342 e. The second-order valence-corrected chi connectivity index (χ2v) is 6.78. The predicted molar refractivity (Wildman–Crippen MR) is 106 cm³/mol. The van der Waals surface area contributed by atoms with Crippen LogP contribution in [0.25, 0.3) is 0 Å². The van der Waals surface area contributed by atoms with Crippen LogP contribution in [0.3, 0.4) is 0 Å². The zero-order valence-electron chi connectivity index (χ0n) is 16.5. The molecule has 0 radical (unpaired) electrons. The first-order valence-corrected chi connectivity index (χ1v) is 9.50. The molecule has 0 saturated carbocycles. The SMILES string of the molecule is CC(C)Cc1noc(COC(=O)c2ccccc2OCCOc2ccccc2)n1. The number of hydrogen-bond acceptors (Lipinski definition) is 7. The van der Waals surface area contributed by atoms with Gasteiger partial charge in [-0.2, -0.15) is 4.98 Å². The Balaban J connectivity index is 1.50. The summed E-state index contributed by atoms with van der Waals surface area (Å²) in [4.78, 5) is 16.7. The largest absolute Gasteiger partial charge is 0.490 e. The van der Waals surface area contributed by atoms with E-state index in [1.807, 2.05) is 30.3 Å². The molecule has 0 atom stereocenters. The van der Waals surface area contributed by atoms with E-state index < -0.39 is 5.97 Å². The molecule has 3 aromatic rings. The third-order valence-electron chi connectivity index (χ3n) is 3.89. The molecule has 1 aromatic heterocycles. The summed E-state index contributed by atoms with van der Waals surface area (Å²) in [5, 5.41) is 3.88. The second-order valence-electron chi connectivity index (χ2n) is 6.78. The van der Waals surface area contributed by atoms with Crippen molar-refractivity contribution >= 4 is 5.97 Å². The van der Waals surface area contributed by atoms with Gasteiger partial charge < -0.3 is 18.7 Å². The number of nitrogens with zero attached hydrogens (tertiary/aromatic N) is 2. The minimum Gasteiger partial charge on any atom is -0.490 e. The Hall–Kier alpha value is -3.35. The molecule has 1 heterocycles. The third-order valence-corrected chi connectivity index (χ3v) is 3.89. The zero-order chi connectivity index (χ0) is 20.5. The van der Waals surface area contributed by atoms with Crippen LogP contribution in [0.1, 0.15) is 35.9 Å². The van der Waals surface area contributed by atoms with Gasteiger partial charge in [0.15, 0.2) is 12.4 Å². The molecular formula is C22H24N2O5. The topological polar surface area (TPSA) is 83.7 Å². The van der Waals surface area contributed by atoms with Crippen LogP contribution in [-0.4, -0.2) is 29.3 Å². The number of esters is 1. The Morgan fingerprint density at radius 3 is 2.52 bits per heavy atom.